The molecule has 0 aromatic heterocycles. The van der Waals surface area contributed by atoms with Gasteiger partial charge >= 0.3 is 5.97 Å². The summed E-state index contributed by atoms with van der Waals surface area (Å²) in [5, 5.41) is 21.1. The highest BCUT2D eigenvalue weighted by atomic mass is 16.5. The van der Waals surface area contributed by atoms with E-state index in [4.69, 9.17) is 4.74 Å². The number of rotatable bonds is 11. The smallest absolute Gasteiger partial charge is 0.328 e. The van der Waals surface area contributed by atoms with E-state index in [1.54, 1.807) is 31.2 Å². The van der Waals surface area contributed by atoms with Gasteiger partial charge in [-0.25, -0.2) is 4.79 Å². The molecule has 7 nitrogen and oxygen atoms in total. The number of carbonyl (C=O) groups excluding carboxylic acids is 2. The van der Waals surface area contributed by atoms with Crippen LogP contribution in [0.4, 0.5) is 5.69 Å². The van der Waals surface area contributed by atoms with Gasteiger partial charge < -0.3 is 25.2 Å². The first-order chi connectivity index (χ1) is 14.1. The lowest BCUT2D eigenvalue weighted by atomic mass is 10.0. The Morgan fingerprint density at radius 3 is 2.17 bits per heavy atom. The van der Waals surface area contributed by atoms with Gasteiger partial charge in [0, 0.05) is 30.8 Å². The van der Waals surface area contributed by atoms with Crippen molar-refractivity contribution in [3.8, 4) is 0 Å². The first-order valence-corrected chi connectivity index (χ1v) is 9.67. The van der Waals surface area contributed by atoms with Gasteiger partial charge in [0.15, 0.2) is 0 Å². The van der Waals surface area contributed by atoms with Gasteiger partial charge in [0.1, 0.15) is 6.04 Å². The van der Waals surface area contributed by atoms with Gasteiger partial charge in [-0.15, -0.1) is 0 Å². The number of aliphatic hydroxyl groups is 2. The minimum atomic E-state index is -0.806. The van der Waals surface area contributed by atoms with Crippen molar-refractivity contribution in [1.82, 2.24) is 5.32 Å². The number of amides is 1. The molecule has 0 heterocycles. The fourth-order valence-electron chi connectivity index (χ4n) is 2.96. The van der Waals surface area contributed by atoms with Crippen LogP contribution in [0.2, 0.25) is 0 Å². The zero-order valence-electron chi connectivity index (χ0n) is 16.6. The maximum atomic E-state index is 12.5. The predicted molar refractivity (Wildman–Crippen MR) is 111 cm³/mol. The summed E-state index contributed by atoms with van der Waals surface area (Å²) in [5.41, 5.74) is 2.19. The van der Waals surface area contributed by atoms with E-state index in [-0.39, 0.29) is 32.1 Å². The summed E-state index contributed by atoms with van der Waals surface area (Å²) >= 11 is 0. The molecule has 2 rings (SSSR count). The summed E-state index contributed by atoms with van der Waals surface area (Å²) in [6.07, 6.45) is 0.289. The normalized spacial score (nSPS) is 11.6. The van der Waals surface area contributed by atoms with Crippen LogP contribution in [0.3, 0.4) is 0 Å². The molecule has 0 bridgehead atoms. The van der Waals surface area contributed by atoms with Gasteiger partial charge in [-0.3, -0.25) is 4.79 Å². The fourth-order valence-corrected chi connectivity index (χ4v) is 2.96. The van der Waals surface area contributed by atoms with Gasteiger partial charge in [-0.2, -0.15) is 0 Å². The Bertz CT molecular complexity index is 759. The number of hydrogen-bond donors (Lipinski definition) is 3. The monoisotopic (exact) mass is 400 g/mol. The minimum absolute atomic E-state index is 0.0157. The molecule has 1 amide bonds. The molecule has 156 valence electrons. The molecule has 29 heavy (non-hydrogen) atoms. The standard InChI is InChI=1S/C22H28N2O5/c1-2-29-22(28)20(23-21(27)18-6-4-3-5-7-18)16-17-8-10-19(11-9-17)24(12-14-25)13-15-26/h3-11,20,25-26H,2,12-16H2,1H3,(H,23,27)/t20-/m0/s1. The number of anilines is 1. The minimum Gasteiger partial charge on any atom is -0.464 e. The predicted octanol–water partition coefficient (Wildman–Crippen LogP) is 1.38. The van der Waals surface area contributed by atoms with Crippen molar-refractivity contribution in [2.24, 2.45) is 0 Å². The molecule has 0 aliphatic rings. The molecule has 0 radical (unpaired) electrons. The summed E-state index contributed by atoms with van der Waals surface area (Å²) in [6.45, 7) is 2.75. The van der Waals surface area contributed by atoms with Gasteiger partial charge in [0.2, 0.25) is 0 Å². The lowest BCUT2D eigenvalue weighted by molar-refractivity contribution is -0.145. The highest BCUT2D eigenvalue weighted by molar-refractivity contribution is 5.96. The Morgan fingerprint density at radius 2 is 1.62 bits per heavy atom. The molecule has 2 aromatic carbocycles. The van der Waals surface area contributed by atoms with E-state index in [9.17, 15) is 19.8 Å². The Kier molecular flexibility index (Phi) is 9.14. The summed E-state index contributed by atoms with van der Waals surface area (Å²) in [7, 11) is 0. The lowest BCUT2D eigenvalue weighted by Crippen LogP contribution is -2.43. The summed E-state index contributed by atoms with van der Waals surface area (Å²) < 4.78 is 5.12. The molecular weight excluding hydrogens is 372 g/mol. The van der Waals surface area contributed by atoms with E-state index in [2.05, 4.69) is 5.32 Å². The third-order valence-corrected chi connectivity index (χ3v) is 4.39. The Morgan fingerprint density at radius 1 is 1.00 bits per heavy atom. The fraction of sp³-hybridized carbons (Fsp3) is 0.364. The Labute approximate surface area is 170 Å². The van der Waals surface area contributed by atoms with Crippen LogP contribution >= 0.6 is 0 Å². The second kappa shape index (κ2) is 11.8. The summed E-state index contributed by atoms with van der Waals surface area (Å²) in [5.74, 6) is -0.819. The first-order valence-electron chi connectivity index (χ1n) is 9.67. The average Bonchev–Trinajstić information content (AvgIpc) is 2.74. The van der Waals surface area contributed by atoms with Crippen LogP contribution in [-0.4, -0.2) is 61.0 Å². The van der Waals surface area contributed by atoms with E-state index in [1.165, 1.54) is 0 Å². The maximum Gasteiger partial charge on any atom is 0.328 e. The number of ether oxygens (including phenoxy) is 1. The second-order valence-corrected chi connectivity index (χ2v) is 6.45. The second-order valence-electron chi connectivity index (χ2n) is 6.45. The molecule has 2 aromatic rings. The van der Waals surface area contributed by atoms with E-state index < -0.39 is 12.0 Å². The lowest BCUT2D eigenvalue weighted by Gasteiger charge is -2.23. The quantitative estimate of drug-likeness (QED) is 0.493. The summed E-state index contributed by atoms with van der Waals surface area (Å²) in [6, 6.07) is 15.3. The van der Waals surface area contributed by atoms with E-state index in [0.717, 1.165) is 11.3 Å². The highest BCUT2D eigenvalue weighted by Gasteiger charge is 2.23. The zero-order valence-corrected chi connectivity index (χ0v) is 16.6. The molecule has 0 saturated carbocycles. The van der Waals surface area contributed by atoms with Crippen LogP contribution in [0, 0.1) is 0 Å². The van der Waals surface area contributed by atoms with Crippen molar-refractivity contribution in [3.05, 3.63) is 65.7 Å². The third-order valence-electron chi connectivity index (χ3n) is 4.39. The van der Waals surface area contributed by atoms with Crippen LogP contribution in [0.15, 0.2) is 54.6 Å². The topological polar surface area (TPSA) is 99.1 Å². The Balaban J connectivity index is 2.11. The van der Waals surface area contributed by atoms with Gasteiger partial charge in [-0.05, 0) is 36.8 Å². The SMILES string of the molecule is CCOC(=O)[C@H](Cc1ccc(N(CCO)CCO)cc1)NC(=O)c1ccccc1. The molecule has 3 N–H and O–H groups in total. The average molecular weight is 400 g/mol. The number of nitrogens with one attached hydrogen (secondary N) is 1. The van der Waals surface area contributed by atoms with Crippen molar-refractivity contribution in [1.29, 1.82) is 0 Å². The maximum absolute atomic E-state index is 12.5. The van der Waals surface area contributed by atoms with E-state index in [0.29, 0.717) is 18.7 Å². The molecule has 0 saturated heterocycles. The largest absolute Gasteiger partial charge is 0.464 e. The number of aliphatic hydroxyl groups excluding tert-OH is 2. The van der Waals surface area contributed by atoms with Crippen molar-refractivity contribution in [2.75, 3.05) is 37.8 Å². The number of carbonyl (C=O) groups is 2. The van der Waals surface area contributed by atoms with Crippen LogP contribution < -0.4 is 10.2 Å². The van der Waals surface area contributed by atoms with Gasteiger partial charge in [0.25, 0.3) is 5.91 Å². The van der Waals surface area contributed by atoms with E-state index >= 15 is 0 Å². The van der Waals surface area contributed by atoms with Crippen LogP contribution in [0.1, 0.15) is 22.8 Å². The molecule has 0 spiro atoms. The van der Waals surface area contributed by atoms with Gasteiger partial charge in [0.05, 0.1) is 19.8 Å². The molecule has 1 atom stereocenters. The van der Waals surface area contributed by atoms with Crippen LogP contribution in [0.5, 0.6) is 0 Å². The first kappa shape index (κ1) is 22.4. The van der Waals surface area contributed by atoms with E-state index in [1.807, 2.05) is 35.2 Å². The number of esters is 1. The number of hydrogen-bond acceptors (Lipinski definition) is 6. The highest BCUT2D eigenvalue weighted by Crippen LogP contribution is 2.16. The molecule has 7 heteroatoms. The molecule has 0 unspecified atom stereocenters. The molecular formula is C22H28N2O5. The molecule has 0 aliphatic carbocycles. The molecule has 0 aliphatic heterocycles. The van der Waals surface area contributed by atoms with Crippen LogP contribution in [0.25, 0.3) is 0 Å². The van der Waals surface area contributed by atoms with Crippen molar-refractivity contribution < 1.29 is 24.5 Å². The van der Waals surface area contributed by atoms with Crippen molar-refractivity contribution in [3.63, 3.8) is 0 Å². The zero-order chi connectivity index (χ0) is 21.1. The third kappa shape index (κ3) is 6.89. The number of benzene rings is 2. The van der Waals surface area contributed by atoms with Crippen molar-refractivity contribution >= 4 is 17.6 Å². The molecule has 0 fully saturated rings. The summed E-state index contributed by atoms with van der Waals surface area (Å²) in [4.78, 5) is 26.7. The number of nitrogens with zero attached hydrogens (tertiary/aromatic N) is 1. The van der Waals surface area contributed by atoms with Crippen molar-refractivity contribution in [2.45, 2.75) is 19.4 Å². The van der Waals surface area contributed by atoms with Gasteiger partial charge in [-0.1, -0.05) is 30.3 Å². The van der Waals surface area contributed by atoms with Crippen LogP contribution in [-0.2, 0) is 16.0 Å². The Hall–Kier alpha value is -2.90.